The molecule has 2 aromatic heterocycles. The van der Waals surface area contributed by atoms with Crippen molar-refractivity contribution in [2.24, 2.45) is 0 Å². The molecule has 0 amide bonds. The van der Waals surface area contributed by atoms with E-state index in [2.05, 4.69) is 0 Å². The van der Waals surface area contributed by atoms with E-state index in [1.165, 1.54) is 6.07 Å². The summed E-state index contributed by atoms with van der Waals surface area (Å²) < 4.78 is 6.97. The minimum absolute atomic E-state index is 0.294. The van der Waals surface area contributed by atoms with E-state index in [1.807, 2.05) is 66.9 Å². The number of benzene rings is 2. The van der Waals surface area contributed by atoms with Crippen molar-refractivity contribution < 1.29 is 9.34 Å². The van der Waals surface area contributed by atoms with Crippen LogP contribution in [0.15, 0.2) is 77.3 Å². The number of hydrogen-bond donors (Lipinski definition) is 0. The van der Waals surface area contributed by atoms with Crippen LogP contribution in [0.1, 0.15) is 11.3 Å². The highest BCUT2D eigenvalue weighted by atomic mass is 35.5. The molecule has 0 unspecified atom stereocenters. The molecule has 0 radical (unpaired) electrons. The third-order valence-corrected chi connectivity index (χ3v) is 4.35. The lowest BCUT2D eigenvalue weighted by molar-refractivity contribution is -0.402. The van der Waals surface area contributed by atoms with Crippen LogP contribution < -0.4 is 0 Å². The molecule has 0 atom stereocenters. The standard InChI is InChI=1S/C21H14ClN3O3/c22-17-9-6-15(7-10-17)21-16(8-11-19-12-13-20(28-19)25(26)27)14-24(23-21)18-4-2-1-3-5-18/h1-14H. The zero-order valence-corrected chi connectivity index (χ0v) is 15.3. The van der Waals surface area contributed by atoms with Crippen molar-refractivity contribution in [2.45, 2.75) is 0 Å². The fourth-order valence-corrected chi connectivity index (χ4v) is 2.88. The molecule has 4 aromatic rings. The Morgan fingerprint density at radius 1 is 1.00 bits per heavy atom. The summed E-state index contributed by atoms with van der Waals surface area (Å²) in [6.45, 7) is 0. The first-order valence-electron chi connectivity index (χ1n) is 8.43. The lowest BCUT2D eigenvalue weighted by atomic mass is 10.1. The predicted octanol–water partition coefficient (Wildman–Crippen LogP) is 5.86. The summed E-state index contributed by atoms with van der Waals surface area (Å²) in [6.07, 6.45) is 5.39. The van der Waals surface area contributed by atoms with E-state index in [1.54, 1.807) is 16.8 Å². The molecule has 0 N–H and O–H groups in total. The molecular formula is C21H14ClN3O3. The van der Waals surface area contributed by atoms with Gasteiger partial charge < -0.3 is 4.42 Å². The first kappa shape index (κ1) is 17.8. The number of halogens is 1. The fraction of sp³-hybridized carbons (Fsp3) is 0. The van der Waals surface area contributed by atoms with Gasteiger partial charge in [0.1, 0.15) is 10.7 Å². The van der Waals surface area contributed by atoms with Gasteiger partial charge in [0.25, 0.3) is 0 Å². The Labute approximate surface area is 165 Å². The van der Waals surface area contributed by atoms with Crippen LogP contribution in [0.25, 0.3) is 29.1 Å². The van der Waals surface area contributed by atoms with Crippen molar-refractivity contribution in [3.05, 3.63) is 99.4 Å². The van der Waals surface area contributed by atoms with Crippen LogP contribution in [-0.4, -0.2) is 14.7 Å². The first-order valence-corrected chi connectivity index (χ1v) is 8.81. The molecule has 7 heteroatoms. The van der Waals surface area contributed by atoms with E-state index in [0.717, 1.165) is 22.5 Å². The number of hydrogen-bond acceptors (Lipinski definition) is 4. The second-order valence-corrected chi connectivity index (χ2v) is 6.42. The Bertz CT molecular complexity index is 1150. The minimum atomic E-state index is -0.566. The van der Waals surface area contributed by atoms with Crippen LogP contribution in [0.2, 0.25) is 5.02 Å². The van der Waals surface area contributed by atoms with Gasteiger partial charge in [-0.3, -0.25) is 10.1 Å². The second kappa shape index (κ2) is 7.54. The topological polar surface area (TPSA) is 74.1 Å². The van der Waals surface area contributed by atoms with E-state index in [0.29, 0.717) is 10.8 Å². The molecule has 0 saturated heterocycles. The lowest BCUT2D eigenvalue weighted by Crippen LogP contribution is -1.93. The van der Waals surface area contributed by atoms with Crippen LogP contribution in [0.4, 0.5) is 5.88 Å². The molecule has 0 aliphatic heterocycles. The van der Waals surface area contributed by atoms with Crippen LogP contribution in [0.5, 0.6) is 0 Å². The summed E-state index contributed by atoms with van der Waals surface area (Å²) >= 11 is 6.00. The van der Waals surface area contributed by atoms with Crippen molar-refractivity contribution in [2.75, 3.05) is 0 Å². The largest absolute Gasteiger partial charge is 0.433 e. The summed E-state index contributed by atoms with van der Waals surface area (Å²) in [5, 5.41) is 16.1. The maximum Gasteiger partial charge on any atom is 0.433 e. The van der Waals surface area contributed by atoms with E-state index >= 15 is 0 Å². The number of nitro groups is 1. The second-order valence-electron chi connectivity index (χ2n) is 5.99. The summed E-state index contributed by atoms with van der Waals surface area (Å²) in [7, 11) is 0. The molecule has 4 rings (SSSR count). The van der Waals surface area contributed by atoms with Gasteiger partial charge >= 0.3 is 5.88 Å². The van der Waals surface area contributed by atoms with Crippen molar-refractivity contribution in [1.29, 1.82) is 0 Å². The molecule has 6 nitrogen and oxygen atoms in total. The fourth-order valence-electron chi connectivity index (χ4n) is 2.76. The van der Waals surface area contributed by atoms with E-state index in [-0.39, 0.29) is 5.88 Å². The van der Waals surface area contributed by atoms with Gasteiger partial charge in [0, 0.05) is 22.3 Å². The van der Waals surface area contributed by atoms with Gasteiger partial charge in [-0.05, 0) is 42.5 Å². The smallest absolute Gasteiger partial charge is 0.401 e. The highest BCUT2D eigenvalue weighted by molar-refractivity contribution is 6.30. The molecule has 138 valence electrons. The Balaban J connectivity index is 1.75. The molecule has 0 aliphatic carbocycles. The quantitative estimate of drug-likeness (QED) is 0.315. The van der Waals surface area contributed by atoms with Crippen LogP contribution in [0.3, 0.4) is 0 Å². The average molecular weight is 392 g/mol. The summed E-state index contributed by atoms with van der Waals surface area (Å²) in [5.41, 5.74) is 3.43. The van der Waals surface area contributed by atoms with Crippen molar-refractivity contribution >= 4 is 29.6 Å². The summed E-state index contributed by atoms with van der Waals surface area (Å²) in [6, 6.07) is 20.0. The van der Waals surface area contributed by atoms with Gasteiger partial charge in [-0.15, -0.1) is 0 Å². The molecule has 0 bridgehead atoms. The maximum atomic E-state index is 10.8. The number of aromatic nitrogens is 2. The van der Waals surface area contributed by atoms with E-state index < -0.39 is 4.92 Å². The highest BCUT2D eigenvalue weighted by Gasteiger charge is 2.12. The third-order valence-electron chi connectivity index (χ3n) is 4.10. The summed E-state index contributed by atoms with van der Waals surface area (Å²) in [4.78, 5) is 10.2. The Morgan fingerprint density at radius 2 is 1.75 bits per heavy atom. The third kappa shape index (κ3) is 3.72. The SMILES string of the molecule is O=[N+]([O-])c1ccc(C=Cc2cn(-c3ccccc3)nc2-c2ccc(Cl)cc2)o1. The summed E-state index contributed by atoms with van der Waals surface area (Å²) in [5.74, 6) is 0.0961. The zero-order valence-electron chi connectivity index (χ0n) is 14.5. The number of rotatable bonds is 5. The molecule has 28 heavy (non-hydrogen) atoms. The molecule has 0 fully saturated rings. The Hall–Kier alpha value is -3.64. The molecule has 2 aromatic carbocycles. The van der Waals surface area contributed by atoms with Gasteiger partial charge in [0.2, 0.25) is 0 Å². The van der Waals surface area contributed by atoms with Crippen LogP contribution in [0, 0.1) is 10.1 Å². The monoisotopic (exact) mass is 391 g/mol. The zero-order chi connectivity index (χ0) is 19.5. The van der Waals surface area contributed by atoms with Gasteiger partial charge in [0.15, 0.2) is 0 Å². The van der Waals surface area contributed by atoms with Crippen molar-refractivity contribution in [1.82, 2.24) is 9.78 Å². The van der Waals surface area contributed by atoms with Gasteiger partial charge in [-0.1, -0.05) is 41.9 Å². The average Bonchev–Trinajstić information content (AvgIpc) is 3.35. The van der Waals surface area contributed by atoms with E-state index in [9.17, 15) is 10.1 Å². The van der Waals surface area contributed by atoms with Gasteiger partial charge in [0.05, 0.1) is 17.4 Å². The molecule has 0 spiro atoms. The minimum Gasteiger partial charge on any atom is -0.401 e. The number of para-hydroxylation sites is 1. The Kier molecular flexibility index (Phi) is 4.78. The highest BCUT2D eigenvalue weighted by Crippen LogP contribution is 2.27. The molecule has 0 saturated carbocycles. The van der Waals surface area contributed by atoms with Crippen LogP contribution >= 0.6 is 11.6 Å². The lowest BCUT2D eigenvalue weighted by Gasteiger charge is -2.00. The molecular weight excluding hydrogens is 378 g/mol. The van der Waals surface area contributed by atoms with Crippen molar-refractivity contribution in [3.63, 3.8) is 0 Å². The molecule has 2 heterocycles. The van der Waals surface area contributed by atoms with Gasteiger partial charge in [-0.2, -0.15) is 5.10 Å². The van der Waals surface area contributed by atoms with Crippen LogP contribution in [-0.2, 0) is 0 Å². The number of nitrogens with zero attached hydrogens (tertiary/aromatic N) is 3. The van der Waals surface area contributed by atoms with E-state index in [4.69, 9.17) is 21.1 Å². The number of furan rings is 1. The predicted molar refractivity (Wildman–Crippen MR) is 108 cm³/mol. The molecule has 0 aliphatic rings. The van der Waals surface area contributed by atoms with Crippen molar-refractivity contribution in [3.8, 4) is 16.9 Å². The first-order chi connectivity index (χ1) is 13.6. The maximum absolute atomic E-state index is 10.8. The normalized spacial score (nSPS) is 11.2. The van der Waals surface area contributed by atoms with Gasteiger partial charge in [-0.25, -0.2) is 4.68 Å². The Morgan fingerprint density at radius 3 is 2.43 bits per heavy atom.